The Kier molecular flexibility index (Phi) is 3.29. The molecule has 1 heterocycles. The van der Waals surface area contributed by atoms with Gasteiger partial charge in [-0.25, -0.2) is 0 Å². The Balaban J connectivity index is 2.67. The first-order valence-electron chi connectivity index (χ1n) is 4.74. The highest BCUT2D eigenvalue weighted by Gasteiger charge is 2.15. The molecule has 0 fully saturated rings. The number of Topliss-reactive ketones (excluding diaryl/α,β-unsaturated/α-hetero) is 1. The summed E-state index contributed by atoms with van der Waals surface area (Å²) in [4.78, 5) is 11.7. The highest BCUT2D eigenvalue weighted by molar-refractivity contribution is 5.97. The molecular weight excluding hydrogens is 164 g/mol. The zero-order valence-corrected chi connectivity index (χ0v) is 8.46. The van der Waals surface area contributed by atoms with Crippen molar-refractivity contribution >= 4 is 5.78 Å². The fraction of sp³-hybridized carbons (Fsp3) is 0.545. The lowest BCUT2D eigenvalue weighted by atomic mass is 9.97. The van der Waals surface area contributed by atoms with E-state index in [0.29, 0.717) is 5.56 Å². The molecule has 1 aromatic heterocycles. The van der Waals surface area contributed by atoms with Crippen molar-refractivity contribution in [1.82, 2.24) is 0 Å². The molecule has 0 bridgehead atoms. The van der Waals surface area contributed by atoms with Crippen molar-refractivity contribution in [2.45, 2.75) is 33.6 Å². The summed E-state index contributed by atoms with van der Waals surface area (Å²) >= 11 is 0. The maximum absolute atomic E-state index is 11.7. The topological polar surface area (TPSA) is 30.2 Å². The van der Waals surface area contributed by atoms with Gasteiger partial charge in [-0.2, -0.15) is 0 Å². The smallest absolute Gasteiger partial charge is 0.168 e. The Morgan fingerprint density at radius 3 is 2.77 bits per heavy atom. The molecule has 0 saturated carbocycles. The summed E-state index contributed by atoms with van der Waals surface area (Å²) in [5, 5.41) is 0. The predicted molar refractivity (Wildman–Crippen MR) is 51.8 cm³/mol. The van der Waals surface area contributed by atoms with Gasteiger partial charge in [0.25, 0.3) is 0 Å². The van der Waals surface area contributed by atoms with Crippen LogP contribution in [0.15, 0.2) is 16.7 Å². The zero-order valence-electron chi connectivity index (χ0n) is 8.46. The van der Waals surface area contributed by atoms with Crippen molar-refractivity contribution in [2.24, 2.45) is 5.92 Å². The first kappa shape index (κ1) is 10.0. The summed E-state index contributed by atoms with van der Waals surface area (Å²) in [5.74, 6) is 1.10. The van der Waals surface area contributed by atoms with Gasteiger partial charge in [0, 0.05) is 5.92 Å². The molecule has 72 valence electrons. The number of rotatable bonds is 4. The molecule has 0 aromatic carbocycles. The summed E-state index contributed by atoms with van der Waals surface area (Å²) in [5.41, 5.74) is 0.707. The first-order chi connectivity index (χ1) is 6.15. The Morgan fingerprint density at radius 1 is 1.62 bits per heavy atom. The van der Waals surface area contributed by atoms with Gasteiger partial charge in [-0.3, -0.25) is 4.79 Å². The van der Waals surface area contributed by atoms with E-state index in [-0.39, 0.29) is 11.7 Å². The third kappa shape index (κ3) is 2.44. The molecule has 2 heteroatoms. The number of carbonyl (C=O) groups excluding carboxylic acids is 1. The summed E-state index contributed by atoms with van der Waals surface area (Å²) in [6.07, 6.45) is 3.54. The third-order valence-electron chi connectivity index (χ3n) is 2.18. The SMILES string of the molecule is CCCC(C)C(=O)c1coc(C)c1. The van der Waals surface area contributed by atoms with E-state index < -0.39 is 0 Å². The molecule has 0 N–H and O–H groups in total. The van der Waals surface area contributed by atoms with Crippen LogP contribution in [-0.4, -0.2) is 5.78 Å². The summed E-state index contributed by atoms with van der Waals surface area (Å²) in [7, 11) is 0. The Morgan fingerprint density at radius 2 is 2.31 bits per heavy atom. The second kappa shape index (κ2) is 4.26. The van der Waals surface area contributed by atoms with E-state index in [2.05, 4.69) is 6.92 Å². The average molecular weight is 180 g/mol. The Labute approximate surface area is 78.9 Å². The van der Waals surface area contributed by atoms with E-state index in [0.717, 1.165) is 18.6 Å². The second-order valence-corrected chi connectivity index (χ2v) is 3.50. The van der Waals surface area contributed by atoms with Gasteiger partial charge in [0.2, 0.25) is 0 Å². The third-order valence-corrected chi connectivity index (χ3v) is 2.18. The molecule has 0 radical (unpaired) electrons. The lowest BCUT2D eigenvalue weighted by molar-refractivity contribution is 0.0923. The Bertz CT molecular complexity index is 286. The maximum atomic E-state index is 11.7. The Hall–Kier alpha value is -1.05. The number of aryl methyl sites for hydroxylation is 1. The maximum Gasteiger partial charge on any atom is 0.168 e. The van der Waals surface area contributed by atoms with Crippen LogP contribution in [0.25, 0.3) is 0 Å². The molecule has 0 spiro atoms. The molecule has 0 aliphatic heterocycles. The van der Waals surface area contributed by atoms with Gasteiger partial charge in [0.15, 0.2) is 5.78 Å². The number of carbonyl (C=O) groups is 1. The highest BCUT2D eigenvalue weighted by Crippen LogP contribution is 2.15. The van der Waals surface area contributed by atoms with Crippen LogP contribution in [0.1, 0.15) is 42.8 Å². The van der Waals surface area contributed by atoms with E-state index in [1.165, 1.54) is 0 Å². The summed E-state index contributed by atoms with van der Waals surface area (Å²) in [6, 6.07) is 1.80. The van der Waals surface area contributed by atoms with Gasteiger partial charge >= 0.3 is 0 Å². The lowest BCUT2D eigenvalue weighted by Gasteiger charge is -2.05. The number of furan rings is 1. The molecule has 2 nitrogen and oxygen atoms in total. The first-order valence-corrected chi connectivity index (χ1v) is 4.74. The van der Waals surface area contributed by atoms with Crippen molar-refractivity contribution < 1.29 is 9.21 Å². The zero-order chi connectivity index (χ0) is 9.84. The minimum Gasteiger partial charge on any atom is -0.469 e. The predicted octanol–water partition coefficient (Wildman–Crippen LogP) is 3.21. The van der Waals surface area contributed by atoms with Crippen LogP contribution < -0.4 is 0 Å². The molecule has 0 aliphatic carbocycles. The number of hydrogen-bond acceptors (Lipinski definition) is 2. The van der Waals surface area contributed by atoms with E-state index in [1.807, 2.05) is 13.8 Å². The van der Waals surface area contributed by atoms with Gasteiger partial charge < -0.3 is 4.42 Å². The minimum atomic E-state index is 0.113. The van der Waals surface area contributed by atoms with E-state index in [4.69, 9.17) is 4.42 Å². The lowest BCUT2D eigenvalue weighted by Crippen LogP contribution is -2.09. The molecule has 1 unspecified atom stereocenters. The van der Waals surface area contributed by atoms with Crippen molar-refractivity contribution in [1.29, 1.82) is 0 Å². The van der Waals surface area contributed by atoms with E-state index >= 15 is 0 Å². The average Bonchev–Trinajstić information content (AvgIpc) is 2.51. The van der Waals surface area contributed by atoms with Gasteiger partial charge in [-0.15, -0.1) is 0 Å². The minimum absolute atomic E-state index is 0.113. The van der Waals surface area contributed by atoms with Crippen LogP contribution >= 0.6 is 0 Å². The van der Waals surface area contributed by atoms with Gasteiger partial charge in [-0.1, -0.05) is 20.3 Å². The molecule has 1 aromatic rings. The van der Waals surface area contributed by atoms with Crippen molar-refractivity contribution in [3.8, 4) is 0 Å². The fourth-order valence-electron chi connectivity index (χ4n) is 1.42. The monoisotopic (exact) mass is 180 g/mol. The molecule has 0 saturated heterocycles. The summed E-state index contributed by atoms with van der Waals surface area (Å²) < 4.78 is 5.09. The van der Waals surface area contributed by atoms with Gasteiger partial charge in [0.1, 0.15) is 12.0 Å². The number of hydrogen-bond donors (Lipinski definition) is 0. The van der Waals surface area contributed by atoms with E-state index in [9.17, 15) is 4.79 Å². The van der Waals surface area contributed by atoms with Crippen LogP contribution in [0.5, 0.6) is 0 Å². The standard InChI is InChI=1S/C11H16O2/c1-4-5-8(2)11(12)10-6-9(3)13-7-10/h6-8H,4-5H2,1-3H3. The van der Waals surface area contributed by atoms with Crippen LogP contribution in [0.3, 0.4) is 0 Å². The van der Waals surface area contributed by atoms with Crippen LogP contribution in [0.4, 0.5) is 0 Å². The van der Waals surface area contributed by atoms with Crippen LogP contribution in [0, 0.1) is 12.8 Å². The van der Waals surface area contributed by atoms with Gasteiger partial charge in [-0.05, 0) is 19.4 Å². The second-order valence-electron chi connectivity index (χ2n) is 3.50. The quantitative estimate of drug-likeness (QED) is 0.666. The fourth-order valence-corrected chi connectivity index (χ4v) is 1.42. The highest BCUT2D eigenvalue weighted by atomic mass is 16.3. The summed E-state index contributed by atoms with van der Waals surface area (Å²) in [6.45, 7) is 5.90. The molecular formula is C11H16O2. The molecule has 1 rings (SSSR count). The molecule has 1 atom stereocenters. The van der Waals surface area contributed by atoms with Crippen LogP contribution in [0.2, 0.25) is 0 Å². The normalized spacial score (nSPS) is 12.8. The van der Waals surface area contributed by atoms with Crippen molar-refractivity contribution in [3.05, 3.63) is 23.7 Å². The number of ketones is 1. The van der Waals surface area contributed by atoms with Crippen LogP contribution in [-0.2, 0) is 0 Å². The van der Waals surface area contributed by atoms with Crippen molar-refractivity contribution in [3.63, 3.8) is 0 Å². The van der Waals surface area contributed by atoms with E-state index in [1.54, 1.807) is 12.3 Å². The van der Waals surface area contributed by atoms with Crippen molar-refractivity contribution in [2.75, 3.05) is 0 Å². The molecule has 0 amide bonds. The molecule has 13 heavy (non-hydrogen) atoms. The largest absolute Gasteiger partial charge is 0.469 e. The van der Waals surface area contributed by atoms with Gasteiger partial charge in [0.05, 0.1) is 5.56 Å². The molecule has 0 aliphatic rings.